The molecule has 42 heavy (non-hydrogen) atoms. The van der Waals surface area contributed by atoms with Crippen LogP contribution < -0.4 is 43.1 Å². The molecular formula is C34H64Br2N4O2. The van der Waals surface area contributed by atoms with Gasteiger partial charge in [0, 0.05) is 0 Å². The maximum atomic E-state index is 10.4. The van der Waals surface area contributed by atoms with Crippen LogP contribution in [-0.2, 0) is 26.2 Å². The lowest BCUT2D eigenvalue weighted by molar-refractivity contribution is -0.703. The van der Waals surface area contributed by atoms with Crippen LogP contribution in [0.25, 0.3) is 0 Å². The van der Waals surface area contributed by atoms with Gasteiger partial charge in [-0.05, 0) is 25.7 Å². The molecule has 2 aromatic rings. The van der Waals surface area contributed by atoms with E-state index in [0.29, 0.717) is 13.1 Å². The van der Waals surface area contributed by atoms with Crippen molar-refractivity contribution >= 4 is 0 Å². The highest BCUT2D eigenvalue weighted by atomic mass is 79.9. The first kappa shape index (κ1) is 41.3. The number of aliphatic hydroxyl groups excluding tert-OH is 2. The van der Waals surface area contributed by atoms with Crippen LogP contribution in [0.15, 0.2) is 37.4 Å². The van der Waals surface area contributed by atoms with Crippen LogP contribution in [-0.4, -0.2) is 31.6 Å². The molecule has 0 spiro atoms. The first-order valence-corrected chi connectivity index (χ1v) is 17.1. The van der Waals surface area contributed by atoms with Crippen molar-refractivity contribution < 1.29 is 53.3 Å². The van der Waals surface area contributed by atoms with Crippen LogP contribution in [0.3, 0.4) is 0 Å². The second kappa shape index (κ2) is 27.8. The Kier molecular flexibility index (Phi) is 27.4. The lowest BCUT2D eigenvalue weighted by atomic mass is 10.1. The number of hydrogen-bond donors (Lipinski definition) is 2. The molecule has 0 fully saturated rings. The maximum Gasteiger partial charge on any atom is 0.243 e. The fraction of sp³-hybridized carbons (Fsp3) is 0.824. The van der Waals surface area contributed by atoms with Crippen LogP contribution >= 0.6 is 0 Å². The maximum absolute atomic E-state index is 10.4. The Hall–Kier alpha value is -0.700. The Morgan fingerprint density at radius 1 is 0.500 bits per heavy atom. The molecule has 0 saturated carbocycles. The van der Waals surface area contributed by atoms with Crippen LogP contribution in [0.5, 0.6) is 0 Å². The molecular weight excluding hydrogens is 656 g/mol. The van der Waals surface area contributed by atoms with Gasteiger partial charge in [-0.1, -0.05) is 117 Å². The van der Waals surface area contributed by atoms with E-state index in [1.54, 1.807) is 0 Å². The first-order chi connectivity index (χ1) is 19.6. The Bertz CT molecular complexity index is 777. The van der Waals surface area contributed by atoms with Gasteiger partial charge in [-0.3, -0.25) is 0 Å². The summed E-state index contributed by atoms with van der Waals surface area (Å²) in [6.07, 6.45) is 37.2. The van der Waals surface area contributed by atoms with E-state index in [1.807, 2.05) is 0 Å². The Morgan fingerprint density at radius 2 is 0.833 bits per heavy atom. The standard InChI is InChI=1S/C34H64N4O2.2BrH/c1-3-5-7-9-11-13-15-17-21-33(39)29-37-27-25-35(31-37)23-19-20-24-36-26-28-38(32-36)30-34(40)22-18-16-14-12-10-8-6-4-2;;/h25-28,31-34,39-40H,3-24,29-30H2,1-2H3;2*1H/q+2;;/p-2. The summed E-state index contributed by atoms with van der Waals surface area (Å²) in [5, 5.41) is 20.9. The zero-order valence-electron chi connectivity index (χ0n) is 27.0. The number of aromatic nitrogens is 4. The Balaban J connectivity index is 0.00000840. The van der Waals surface area contributed by atoms with Crippen molar-refractivity contribution in [3.05, 3.63) is 37.4 Å². The largest absolute Gasteiger partial charge is 1.00 e. The molecule has 2 N–H and O–H groups in total. The second-order valence-corrected chi connectivity index (χ2v) is 12.2. The average molecular weight is 721 g/mol. The Morgan fingerprint density at radius 3 is 1.19 bits per heavy atom. The minimum absolute atomic E-state index is 0. The van der Waals surface area contributed by atoms with Crippen LogP contribution in [0.4, 0.5) is 0 Å². The zero-order valence-corrected chi connectivity index (χ0v) is 30.2. The summed E-state index contributed by atoms with van der Waals surface area (Å²) >= 11 is 0. The molecule has 0 saturated heterocycles. The molecule has 2 rings (SSSR count). The highest BCUT2D eigenvalue weighted by molar-refractivity contribution is 4.69. The monoisotopic (exact) mass is 718 g/mol. The molecule has 8 heteroatoms. The van der Waals surface area contributed by atoms with Gasteiger partial charge < -0.3 is 44.2 Å². The van der Waals surface area contributed by atoms with Crippen LogP contribution in [0, 0.1) is 0 Å². The molecule has 0 aliphatic heterocycles. The van der Waals surface area contributed by atoms with E-state index in [0.717, 1.165) is 51.6 Å². The number of aryl methyl sites for hydroxylation is 2. The summed E-state index contributed by atoms with van der Waals surface area (Å²) in [7, 11) is 0. The molecule has 246 valence electrons. The van der Waals surface area contributed by atoms with E-state index < -0.39 is 0 Å². The number of aliphatic hydroxyl groups is 2. The van der Waals surface area contributed by atoms with Gasteiger partial charge in [0.05, 0.1) is 25.3 Å². The fourth-order valence-electron chi connectivity index (χ4n) is 5.64. The predicted molar refractivity (Wildman–Crippen MR) is 165 cm³/mol. The van der Waals surface area contributed by atoms with E-state index in [-0.39, 0.29) is 46.2 Å². The predicted octanol–water partition coefficient (Wildman–Crippen LogP) is 1.14. The third kappa shape index (κ3) is 21.1. The minimum atomic E-state index is -0.250. The minimum Gasteiger partial charge on any atom is -1.00 e. The van der Waals surface area contributed by atoms with Gasteiger partial charge >= 0.3 is 0 Å². The Labute approximate surface area is 279 Å². The number of unbranched alkanes of at least 4 members (excludes halogenated alkanes) is 15. The van der Waals surface area contributed by atoms with E-state index >= 15 is 0 Å². The summed E-state index contributed by atoms with van der Waals surface area (Å²) in [6, 6.07) is 0. The zero-order chi connectivity index (χ0) is 28.7. The van der Waals surface area contributed by atoms with E-state index in [2.05, 4.69) is 69.6 Å². The van der Waals surface area contributed by atoms with Crippen molar-refractivity contribution in [3.8, 4) is 0 Å². The number of rotatable bonds is 27. The summed E-state index contributed by atoms with van der Waals surface area (Å²) in [4.78, 5) is 0. The molecule has 6 nitrogen and oxygen atoms in total. The summed E-state index contributed by atoms with van der Waals surface area (Å²) in [5.41, 5.74) is 0. The average Bonchev–Trinajstić information content (AvgIpc) is 3.58. The summed E-state index contributed by atoms with van der Waals surface area (Å²) < 4.78 is 8.73. The van der Waals surface area contributed by atoms with Crippen LogP contribution in [0.1, 0.15) is 142 Å². The SMILES string of the molecule is CCCCCCCCCCC(O)C[n+]1ccn(CCCCn2cc[n+](CC(O)CCCCCCCCCC)c2)c1.[Br-].[Br-]. The van der Waals surface area contributed by atoms with Crippen molar-refractivity contribution in [2.75, 3.05) is 0 Å². The molecule has 0 bridgehead atoms. The third-order valence-corrected chi connectivity index (χ3v) is 8.20. The van der Waals surface area contributed by atoms with Crippen molar-refractivity contribution in [1.29, 1.82) is 0 Å². The van der Waals surface area contributed by atoms with E-state index in [9.17, 15) is 10.2 Å². The lowest BCUT2D eigenvalue weighted by Crippen LogP contribution is -3.00. The number of halogens is 2. The number of imidazole rings is 2. The van der Waals surface area contributed by atoms with E-state index in [4.69, 9.17) is 0 Å². The molecule has 2 atom stereocenters. The highest BCUT2D eigenvalue weighted by Gasteiger charge is 2.12. The smallest absolute Gasteiger partial charge is 0.243 e. The van der Waals surface area contributed by atoms with Gasteiger partial charge in [0.15, 0.2) is 0 Å². The molecule has 0 amide bonds. The summed E-state index contributed by atoms with van der Waals surface area (Å²) in [5.74, 6) is 0. The van der Waals surface area contributed by atoms with Gasteiger partial charge in [-0.2, -0.15) is 0 Å². The highest BCUT2D eigenvalue weighted by Crippen LogP contribution is 2.12. The van der Waals surface area contributed by atoms with Gasteiger partial charge in [-0.25, -0.2) is 18.3 Å². The molecule has 0 radical (unpaired) electrons. The summed E-state index contributed by atoms with van der Waals surface area (Å²) in [6.45, 7) is 7.91. The van der Waals surface area contributed by atoms with Crippen molar-refractivity contribution in [3.63, 3.8) is 0 Å². The molecule has 2 heterocycles. The van der Waals surface area contributed by atoms with Crippen molar-refractivity contribution in [2.24, 2.45) is 0 Å². The van der Waals surface area contributed by atoms with Gasteiger partial charge in [-0.15, -0.1) is 0 Å². The van der Waals surface area contributed by atoms with Crippen LogP contribution in [0.2, 0.25) is 0 Å². The molecule has 0 aliphatic rings. The molecule has 2 unspecified atom stereocenters. The van der Waals surface area contributed by atoms with Gasteiger partial charge in [0.25, 0.3) is 0 Å². The lowest BCUT2D eigenvalue weighted by Gasteiger charge is -2.08. The normalized spacial score (nSPS) is 12.6. The van der Waals surface area contributed by atoms with E-state index in [1.165, 1.54) is 89.9 Å². The molecule has 0 aromatic carbocycles. The topological polar surface area (TPSA) is 58.1 Å². The molecule has 0 aliphatic carbocycles. The quantitative estimate of drug-likeness (QED) is 0.108. The first-order valence-electron chi connectivity index (χ1n) is 17.1. The van der Waals surface area contributed by atoms with Crippen molar-refractivity contribution in [1.82, 2.24) is 9.13 Å². The third-order valence-electron chi connectivity index (χ3n) is 8.20. The van der Waals surface area contributed by atoms with Crippen molar-refractivity contribution in [2.45, 2.75) is 181 Å². The van der Waals surface area contributed by atoms with Gasteiger partial charge in [0.1, 0.15) is 37.9 Å². The number of hydrogen-bond acceptors (Lipinski definition) is 2. The molecule has 2 aromatic heterocycles. The second-order valence-electron chi connectivity index (χ2n) is 12.2. The van der Waals surface area contributed by atoms with Gasteiger partial charge in [0.2, 0.25) is 12.7 Å². The number of nitrogens with zero attached hydrogens (tertiary/aromatic N) is 4. The fourth-order valence-corrected chi connectivity index (χ4v) is 5.64.